The molecule has 0 bridgehead atoms. The topological polar surface area (TPSA) is 17.1 Å². The van der Waals surface area contributed by atoms with Gasteiger partial charge in [-0.15, -0.1) is 0 Å². The molecule has 2 aromatic rings. The molecule has 1 fully saturated rings. The molecule has 0 saturated heterocycles. The lowest BCUT2D eigenvalue weighted by molar-refractivity contribution is 0.0965. The molecule has 0 spiro atoms. The van der Waals surface area contributed by atoms with Gasteiger partial charge in [-0.25, -0.2) is 0 Å². The Labute approximate surface area is 125 Å². The number of carbonyl (C=O) groups excluding carboxylic acids is 1. The SMILES string of the molecule is O=C(c1ccc(Br)cc1)C1CC1c1ccc(Cl)cc1. The van der Waals surface area contributed by atoms with Gasteiger partial charge < -0.3 is 0 Å². The fraction of sp³-hybridized carbons (Fsp3) is 0.188. The van der Waals surface area contributed by atoms with Crippen LogP contribution in [0.25, 0.3) is 0 Å². The third-order valence-electron chi connectivity index (χ3n) is 3.55. The summed E-state index contributed by atoms with van der Waals surface area (Å²) in [6, 6.07) is 15.4. The summed E-state index contributed by atoms with van der Waals surface area (Å²) in [6.45, 7) is 0. The Morgan fingerprint density at radius 3 is 2.32 bits per heavy atom. The van der Waals surface area contributed by atoms with Crippen molar-refractivity contribution in [3.63, 3.8) is 0 Å². The van der Waals surface area contributed by atoms with Gasteiger partial charge in [0.15, 0.2) is 5.78 Å². The van der Waals surface area contributed by atoms with E-state index in [2.05, 4.69) is 15.9 Å². The quantitative estimate of drug-likeness (QED) is 0.714. The van der Waals surface area contributed by atoms with Crippen LogP contribution in [0.5, 0.6) is 0 Å². The molecule has 3 heteroatoms. The summed E-state index contributed by atoms with van der Waals surface area (Å²) < 4.78 is 0.995. The third kappa shape index (κ3) is 2.75. The summed E-state index contributed by atoms with van der Waals surface area (Å²) in [5, 5.41) is 0.736. The first kappa shape index (κ1) is 12.9. The van der Waals surface area contributed by atoms with E-state index in [9.17, 15) is 4.79 Å². The van der Waals surface area contributed by atoms with E-state index in [0.717, 1.165) is 21.5 Å². The van der Waals surface area contributed by atoms with Crippen LogP contribution in [0.3, 0.4) is 0 Å². The van der Waals surface area contributed by atoms with Gasteiger partial charge in [-0.3, -0.25) is 4.79 Å². The van der Waals surface area contributed by atoms with Crippen molar-refractivity contribution in [1.82, 2.24) is 0 Å². The van der Waals surface area contributed by atoms with Gasteiger partial charge in [0.25, 0.3) is 0 Å². The molecule has 2 unspecified atom stereocenters. The highest BCUT2D eigenvalue weighted by Gasteiger charge is 2.43. The monoisotopic (exact) mass is 334 g/mol. The molecule has 1 saturated carbocycles. The highest BCUT2D eigenvalue weighted by molar-refractivity contribution is 9.10. The maximum atomic E-state index is 12.3. The minimum Gasteiger partial charge on any atom is -0.294 e. The normalized spacial score (nSPS) is 21.2. The lowest BCUT2D eigenvalue weighted by atomic mass is 10.0. The largest absolute Gasteiger partial charge is 0.294 e. The van der Waals surface area contributed by atoms with Crippen LogP contribution in [0.2, 0.25) is 5.02 Å². The lowest BCUT2D eigenvalue weighted by Gasteiger charge is -2.02. The molecular formula is C16H12BrClO. The molecule has 0 N–H and O–H groups in total. The molecule has 2 atom stereocenters. The van der Waals surface area contributed by atoms with Gasteiger partial charge in [-0.1, -0.05) is 51.8 Å². The second kappa shape index (κ2) is 5.10. The Kier molecular flexibility index (Phi) is 3.46. The summed E-state index contributed by atoms with van der Waals surface area (Å²) >= 11 is 9.25. The first-order chi connectivity index (χ1) is 9.15. The van der Waals surface area contributed by atoms with Gasteiger partial charge in [0.2, 0.25) is 0 Å². The second-order valence-corrected chi connectivity index (χ2v) is 6.22. The van der Waals surface area contributed by atoms with Crippen molar-refractivity contribution < 1.29 is 4.79 Å². The first-order valence-corrected chi connectivity index (χ1v) is 7.37. The van der Waals surface area contributed by atoms with Crippen molar-refractivity contribution in [3.05, 3.63) is 69.2 Å². The molecule has 19 heavy (non-hydrogen) atoms. The van der Waals surface area contributed by atoms with Gasteiger partial charge in [-0.2, -0.15) is 0 Å². The van der Waals surface area contributed by atoms with E-state index in [0.29, 0.717) is 5.92 Å². The zero-order valence-electron chi connectivity index (χ0n) is 10.1. The maximum absolute atomic E-state index is 12.3. The molecule has 3 rings (SSSR count). The number of rotatable bonds is 3. The molecule has 1 aliphatic rings. The zero-order valence-corrected chi connectivity index (χ0v) is 12.5. The predicted octanol–water partition coefficient (Wildman–Crippen LogP) is 5.09. The Hall–Kier alpha value is -1.12. The summed E-state index contributed by atoms with van der Waals surface area (Å²) in [5.74, 6) is 0.725. The van der Waals surface area contributed by atoms with Crippen LogP contribution in [0.1, 0.15) is 28.3 Å². The molecule has 0 amide bonds. The lowest BCUT2D eigenvalue weighted by Crippen LogP contribution is -2.02. The Balaban J connectivity index is 1.74. The van der Waals surface area contributed by atoms with Crippen molar-refractivity contribution in [1.29, 1.82) is 0 Å². The molecule has 1 nitrogen and oxygen atoms in total. The number of halogens is 2. The van der Waals surface area contributed by atoms with E-state index in [1.807, 2.05) is 48.5 Å². The summed E-state index contributed by atoms with van der Waals surface area (Å²) in [7, 11) is 0. The Bertz CT molecular complexity index is 604. The van der Waals surface area contributed by atoms with Crippen molar-refractivity contribution in [2.75, 3.05) is 0 Å². The van der Waals surface area contributed by atoms with Gasteiger partial charge in [0, 0.05) is 21.0 Å². The van der Waals surface area contributed by atoms with Crippen LogP contribution >= 0.6 is 27.5 Å². The van der Waals surface area contributed by atoms with E-state index in [1.165, 1.54) is 5.56 Å². The number of carbonyl (C=O) groups is 1. The third-order valence-corrected chi connectivity index (χ3v) is 4.33. The van der Waals surface area contributed by atoms with E-state index in [4.69, 9.17) is 11.6 Å². The second-order valence-electron chi connectivity index (χ2n) is 4.87. The van der Waals surface area contributed by atoms with Crippen LogP contribution in [0.15, 0.2) is 53.0 Å². The van der Waals surface area contributed by atoms with Crippen molar-refractivity contribution in [2.24, 2.45) is 5.92 Å². The smallest absolute Gasteiger partial charge is 0.166 e. The minimum atomic E-state index is 0.127. The van der Waals surface area contributed by atoms with Crippen LogP contribution in [0, 0.1) is 5.92 Å². The first-order valence-electron chi connectivity index (χ1n) is 6.20. The molecule has 96 valence electrons. The average molecular weight is 336 g/mol. The number of hydrogen-bond donors (Lipinski definition) is 0. The summed E-state index contributed by atoms with van der Waals surface area (Å²) in [4.78, 5) is 12.3. The fourth-order valence-corrected chi connectivity index (χ4v) is 2.78. The number of Topliss-reactive ketones (excluding diaryl/α,β-unsaturated/α-hetero) is 1. The molecular weight excluding hydrogens is 324 g/mol. The molecule has 0 heterocycles. The minimum absolute atomic E-state index is 0.127. The standard InChI is InChI=1S/C16H12BrClO/c17-12-5-1-11(2-6-12)16(19)15-9-14(15)10-3-7-13(18)8-4-10/h1-8,14-15H,9H2. The van der Waals surface area contributed by atoms with Crippen molar-refractivity contribution in [3.8, 4) is 0 Å². The average Bonchev–Trinajstić information content (AvgIpc) is 3.20. The van der Waals surface area contributed by atoms with Crippen molar-refractivity contribution in [2.45, 2.75) is 12.3 Å². The van der Waals surface area contributed by atoms with Crippen LogP contribution in [0.4, 0.5) is 0 Å². The van der Waals surface area contributed by atoms with E-state index < -0.39 is 0 Å². The number of hydrogen-bond acceptors (Lipinski definition) is 1. The van der Waals surface area contributed by atoms with Crippen molar-refractivity contribution >= 4 is 33.3 Å². The number of benzene rings is 2. The van der Waals surface area contributed by atoms with Gasteiger partial charge in [0.05, 0.1) is 0 Å². The van der Waals surface area contributed by atoms with E-state index >= 15 is 0 Å². The van der Waals surface area contributed by atoms with Crippen LogP contribution in [-0.2, 0) is 0 Å². The maximum Gasteiger partial charge on any atom is 0.166 e. The molecule has 0 aromatic heterocycles. The Morgan fingerprint density at radius 1 is 1.05 bits per heavy atom. The fourth-order valence-electron chi connectivity index (χ4n) is 2.39. The molecule has 0 aliphatic heterocycles. The molecule has 2 aromatic carbocycles. The summed E-state index contributed by atoms with van der Waals surface area (Å²) in [5.41, 5.74) is 2.00. The van der Waals surface area contributed by atoms with Crippen LogP contribution < -0.4 is 0 Å². The molecule has 0 radical (unpaired) electrons. The van der Waals surface area contributed by atoms with Gasteiger partial charge >= 0.3 is 0 Å². The van der Waals surface area contributed by atoms with Crippen LogP contribution in [-0.4, -0.2) is 5.78 Å². The van der Waals surface area contributed by atoms with E-state index in [1.54, 1.807) is 0 Å². The zero-order chi connectivity index (χ0) is 13.4. The highest BCUT2D eigenvalue weighted by atomic mass is 79.9. The highest BCUT2D eigenvalue weighted by Crippen LogP contribution is 2.49. The Morgan fingerprint density at radius 2 is 1.68 bits per heavy atom. The van der Waals surface area contributed by atoms with E-state index in [-0.39, 0.29) is 11.7 Å². The van der Waals surface area contributed by atoms with Gasteiger partial charge in [-0.05, 0) is 42.2 Å². The molecule has 1 aliphatic carbocycles. The van der Waals surface area contributed by atoms with Gasteiger partial charge in [0.1, 0.15) is 0 Å². The predicted molar refractivity (Wildman–Crippen MR) is 80.8 cm³/mol. The number of ketones is 1. The summed E-state index contributed by atoms with van der Waals surface area (Å²) in [6.07, 6.45) is 0.941.